The second-order valence-electron chi connectivity index (χ2n) is 5.10. The lowest BCUT2D eigenvalue weighted by atomic mass is 9.80. The molecule has 7 nitrogen and oxygen atoms in total. The van der Waals surface area contributed by atoms with E-state index in [-0.39, 0.29) is 17.3 Å². The maximum Gasteiger partial charge on any atom is 0.306 e. The summed E-state index contributed by atoms with van der Waals surface area (Å²) in [7, 11) is -3.48. The van der Waals surface area contributed by atoms with E-state index >= 15 is 0 Å². The van der Waals surface area contributed by atoms with Crippen LogP contribution in [0.15, 0.2) is 24.3 Å². The summed E-state index contributed by atoms with van der Waals surface area (Å²) in [5.74, 6) is -1.70. The Morgan fingerprint density at radius 2 is 1.86 bits per heavy atom. The Labute approximate surface area is 122 Å². The molecule has 0 aliphatic heterocycles. The molecule has 0 aromatic heterocycles. The third-order valence-electron chi connectivity index (χ3n) is 3.29. The van der Waals surface area contributed by atoms with E-state index in [1.807, 2.05) is 0 Å². The van der Waals surface area contributed by atoms with E-state index in [1.54, 1.807) is 12.1 Å². The van der Waals surface area contributed by atoms with Crippen LogP contribution in [0.5, 0.6) is 0 Å². The third kappa shape index (κ3) is 3.94. The molecule has 21 heavy (non-hydrogen) atoms. The van der Waals surface area contributed by atoms with Crippen molar-refractivity contribution < 1.29 is 23.1 Å². The first-order chi connectivity index (χ1) is 9.76. The number of rotatable bonds is 5. The number of benzene rings is 1. The number of nitrogens with one attached hydrogen (secondary N) is 2. The summed E-state index contributed by atoms with van der Waals surface area (Å²) in [6.45, 7) is 0. The highest BCUT2D eigenvalue weighted by molar-refractivity contribution is 7.92. The van der Waals surface area contributed by atoms with E-state index in [1.165, 1.54) is 12.1 Å². The van der Waals surface area contributed by atoms with Crippen molar-refractivity contribution in [3.05, 3.63) is 29.8 Å². The van der Waals surface area contributed by atoms with Crippen molar-refractivity contribution in [3.63, 3.8) is 0 Å². The lowest BCUT2D eigenvalue weighted by molar-refractivity contribution is -0.145. The van der Waals surface area contributed by atoms with Gasteiger partial charge in [-0.25, -0.2) is 8.42 Å². The highest BCUT2D eigenvalue weighted by atomic mass is 32.2. The fourth-order valence-corrected chi connectivity index (χ4v) is 2.75. The molecule has 0 radical (unpaired) electrons. The van der Waals surface area contributed by atoms with Crippen LogP contribution in [0.3, 0.4) is 0 Å². The van der Waals surface area contributed by atoms with Crippen molar-refractivity contribution in [3.8, 4) is 0 Å². The molecule has 0 atom stereocenters. The number of carbonyl (C=O) groups excluding carboxylic acids is 1. The van der Waals surface area contributed by atoms with Gasteiger partial charge in [0, 0.05) is 6.04 Å². The van der Waals surface area contributed by atoms with Gasteiger partial charge < -0.3 is 10.4 Å². The Kier molecular flexibility index (Phi) is 4.17. The minimum Gasteiger partial charge on any atom is -0.481 e. The zero-order valence-electron chi connectivity index (χ0n) is 11.4. The normalized spacial score (nSPS) is 21.2. The molecule has 3 N–H and O–H groups in total. The minimum atomic E-state index is -3.48. The number of carboxylic acid groups (broad SMARTS) is 1. The fraction of sp³-hybridized carbons (Fsp3) is 0.385. The van der Waals surface area contributed by atoms with Gasteiger partial charge in [0.15, 0.2) is 0 Å². The van der Waals surface area contributed by atoms with Gasteiger partial charge in [-0.2, -0.15) is 0 Å². The predicted molar refractivity (Wildman–Crippen MR) is 76.5 cm³/mol. The van der Waals surface area contributed by atoms with Crippen molar-refractivity contribution in [1.82, 2.24) is 5.32 Å². The van der Waals surface area contributed by atoms with Crippen LogP contribution in [-0.2, 0) is 14.8 Å². The van der Waals surface area contributed by atoms with Gasteiger partial charge in [0.05, 0.1) is 23.4 Å². The van der Waals surface area contributed by atoms with Crippen molar-refractivity contribution in [1.29, 1.82) is 0 Å². The number of hydrogen-bond donors (Lipinski definition) is 3. The van der Waals surface area contributed by atoms with Crippen molar-refractivity contribution in [2.75, 3.05) is 11.0 Å². The number of carbonyl (C=O) groups is 2. The van der Waals surface area contributed by atoms with E-state index in [4.69, 9.17) is 5.11 Å². The fourth-order valence-electron chi connectivity index (χ4n) is 2.17. The molecule has 1 aromatic rings. The summed E-state index contributed by atoms with van der Waals surface area (Å²) < 4.78 is 24.8. The van der Waals surface area contributed by atoms with Gasteiger partial charge in [-0.15, -0.1) is 0 Å². The average molecular weight is 312 g/mol. The summed E-state index contributed by atoms with van der Waals surface area (Å²) >= 11 is 0. The van der Waals surface area contributed by atoms with Gasteiger partial charge in [0.1, 0.15) is 0 Å². The molecule has 0 unspecified atom stereocenters. The van der Waals surface area contributed by atoms with Gasteiger partial charge in [0.2, 0.25) is 10.0 Å². The number of para-hydroxylation sites is 1. The van der Waals surface area contributed by atoms with Crippen LogP contribution in [0.25, 0.3) is 0 Å². The molecule has 1 saturated carbocycles. The zero-order chi connectivity index (χ0) is 15.6. The van der Waals surface area contributed by atoms with Gasteiger partial charge in [0.25, 0.3) is 5.91 Å². The van der Waals surface area contributed by atoms with Crippen molar-refractivity contribution in [2.24, 2.45) is 5.92 Å². The van der Waals surface area contributed by atoms with Crippen LogP contribution in [0.2, 0.25) is 0 Å². The van der Waals surface area contributed by atoms with Crippen LogP contribution in [0, 0.1) is 5.92 Å². The average Bonchev–Trinajstić information content (AvgIpc) is 2.31. The molecular weight excluding hydrogens is 296 g/mol. The van der Waals surface area contributed by atoms with Crippen LogP contribution in [0.1, 0.15) is 23.2 Å². The predicted octanol–water partition coefficient (Wildman–Crippen LogP) is 0.651. The second kappa shape index (κ2) is 5.72. The van der Waals surface area contributed by atoms with Crippen molar-refractivity contribution in [2.45, 2.75) is 18.9 Å². The summed E-state index contributed by atoms with van der Waals surface area (Å²) in [6.07, 6.45) is 1.79. The topological polar surface area (TPSA) is 113 Å². The van der Waals surface area contributed by atoms with Crippen LogP contribution < -0.4 is 10.0 Å². The Balaban J connectivity index is 2.05. The number of carboxylic acids is 1. The molecule has 1 aliphatic carbocycles. The van der Waals surface area contributed by atoms with Gasteiger partial charge >= 0.3 is 5.97 Å². The maximum atomic E-state index is 12.1. The summed E-state index contributed by atoms with van der Waals surface area (Å²) in [4.78, 5) is 22.8. The number of anilines is 1. The molecule has 0 spiro atoms. The van der Waals surface area contributed by atoms with E-state index in [0.29, 0.717) is 12.8 Å². The number of amides is 1. The van der Waals surface area contributed by atoms with Gasteiger partial charge in [-0.3, -0.25) is 14.3 Å². The Morgan fingerprint density at radius 1 is 1.24 bits per heavy atom. The van der Waals surface area contributed by atoms with Crippen LogP contribution in [0.4, 0.5) is 5.69 Å². The third-order valence-corrected chi connectivity index (χ3v) is 3.88. The first kappa shape index (κ1) is 15.3. The van der Waals surface area contributed by atoms with E-state index in [0.717, 1.165) is 6.26 Å². The van der Waals surface area contributed by atoms with Gasteiger partial charge in [-0.05, 0) is 25.0 Å². The Bertz CT molecular complexity index is 665. The number of hydrogen-bond acceptors (Lipinski definition) is 4. The first-order valence-electron chi connectivity index (χ1n) is 6.37. The Morgan fingerprint density at radius 3 is 2.43 bits per heavy atom. The molecule has 0 bridgehead atoms. The van der Waals surface area contributed by atoms with Crippen LogP contribution >= 0.6 is 0 Å². The largest absolute Gasteiger partial charge is 0.481 e. The molecular formula is C13H16N2O5S. The first-order valence-corrected chi connectivity index (χ1v) is 8.26. The summed E-state index contributed by atoms with van der Waals surface area (Å²) in [5, 5.41) is 11.5. The zero-order valence-corrected chi connectivity index (χ0v) is 12.2. The Hall–Kier alpha value is -2.09. The molecule has 0 heterocycles. The summed E-state index contributed by atoms with van der Waals surface area (Å²) in [5.41, 5.74) is 0.410. The summed E-state index contributed by atoms with van der Waals surface area (Å²) in [6, 6.07) is 6.06. The highest BCUT2D eigenvalue weighted by Crippen LogP contribution is 2.28. The molecule has 1 amide bonds. The molecule has 1 aromatic carbocycles. The standard InChI is InChI=1S/C13H16N2O5S/c1-21(19,20)15-11-5-3-2-4-10(11)12(16)14-9-6-8(7-9)13(17)18/h2-5,8-9,15H,6-7H2,1H3,(H,14,16)(H,17,18). The van der Waals surface area contributed by atoms with E-state index < -0.39 is 27.8 Å². The molecule has 1 aliphatic rings. The van der Waals surface area contributed by atoms with Crippen molar-refractivity contribution >= 4 is 27.6 Å². The SMILES string of the molecule is CS(=O)(=O)Nc1ccccc1C(=O)NC1CC(C(=O)O)C1. The molecule has 8 heteroatoms. The maximum absolute atomic E-state index is 12.1. The van der Waals surface area contributed by atoms with Gasteiger partial charge in [-0.1, -0.05) is 12.1 Å². The minimum absolute atomic E-state index is 0.190. The molecule has 1 fully saturated rings. The van der Waals surface area contributed by atoms with E-state index in [2.05, 4.69) is 10.0 Å². The monoisotopic (exact) mass is 312 g/mol. The highest BCUT2D eigenvalue weighted by Gasteiger charge is 2.35. The lowest BCUT2D eigenvalue weighted by Crippen LogP contribution is -2.46. The number of sulfonamides is 1. The molecule has 0 saturated heterocycles. The second-order valence-corrected chi connectivity index (χ2v) is 6.85. The quantitative estimate of drug-likeness (QED) is 0.739. The smallest absolute Gasteiger partial charge is 0.306 e. The molecule has 2 rings (SSSR count). The lowest BCUT2D eigenvalue weighted by Gasteiger charge is -2.33. The molecule has 114 valence electrons. The van der Waals surface area contributed by atoms with Crippen LogP contribution in [-0.4, -0.2) is 37.7 Å². The van der Waals surface area contributed by atoms with E-state index in [9.17, 15) is 18.0 Å². The number of aliphatic carboxylic acids is 1.